The van der Waals surface area contributed by atoms with Gasteiger partial charge in [0.1, 0.15) is 0 Å². The predicted octanol–water partition coefficient (Wildman–Crippen LogP) is 5.45. The molecule has 0 atom stereocenters. The van der Waals surface area contributed by atoms with E-state index in [0.29, 0.717) is 3.78 Å². The van der Waals surface area contributed by atoms with Gasteiger partial charge in [0.2, 0.25) is 0 Å². The van der Waals surface area contributed by atoms with Crippen LogP contribution in [0.15, 0.2) is 10.4 Å². The third-order valence-electron chi connectivity index (χ3n) is 3.64. The Kier molecular flexibility index (Phi) is 9.58. The number of rotatable bonds is 10. The first-order valence-electron chi connectivity index (χ1n) is 7.01. The van der Waals surface area contributed by atoms with Crippen molar-refractivity contribution in [3.05, 3.63) is 10.4 Å². The first-order valence-corrected chi connectivity index (χ1v) is 14.5. The molecule has 0 aliphatic carbocycles. The molecule has 0 bridgehead atoms. The van der Waals surface area contributed by atoms with Crippen molar-refractivity contribution in [3.8, 4) is 0 Å². The monoisotopic (exact) mass is 334 g/mol. The number of aliphatic hydroxyl groups is 1. The molecule has 0 aliphatic rings. The first-order chi connectivity index (χ1) is 7.63. The molecule has 0 rings (SSSR count). The Morgan fingerprint density at radius 2 is 1.19 bits per heavy atom. The molecule has 0 saturated carbocycles. The van der Waals surface area contributed by atoms with Gasteiger partial charge in [-0.1, -0.05) is 0 Å². The summed E-state index contributed by atoms with van der Waals surface area (Å²) in [4.78, 5) is 0. The molecule has 0 radical (unpaired) electrons. The standard InChI is InChI=1S/3C4H9.C2H3O.Sn/c3*1-3-4-2;1-2-3;/h3*1,3-4H2,2H3;3H,1H2;. The van der Waals surface area contributed by atoms with Crippen LogP contribution < -0.4 is 0 Å². The zero-order valence-electron chi connectivity index (χ0n) is 11.5. The number of hydrogen-bond acceptors (Lipinski definition) is 1. The molecular formula is C14H30OSn. The van der Waals surface area contributed by atoms with Crippen LogP contribution in [0.5, 0.6) is 0 Å². The van der Waals surface area contributed by atoms with E-state index in [1.165, 1.54) is 51.8 Å². The summed E-state index contributed by atoms with van der Waals surface area (Å²) in [5, 5.41) is 10.0. The van der Waals surface area contributed by atoms with Gasteiger partial charge in [-0.2, -0.15) is 0 Å². The average molecular weight is 333 g/mol. The van der Waals surface area contributed by atoms with Crippen LogP contribution in [-0.2, 0) is 0 Å². The van der Waals surface area contributed by atoms with Gasteiger partial charge in [0, 0.05) is 0 Å². The van der Waals surface area contributed by atoms with Gasteiger partial charge < -0.3 is 0 Å². The van der Waals surface area contributed by atoms with Crippen LogP contribution in [0, 0.1) is 0 Å². The van der Waals surface area contributed by atoms with E-state index in [0.717, 1.165) is 0 Å². The van der Waals surface area contributed by atoms with Crippen LogP contribution in [0.2, 0.25) is 13.3 Å². The molecule has 0 heterocycles. The Hall–Kier alpha value is 0.339. The van der Waals surface area contributed by atoms with Crippen LogP contribution in [0.3, 0.4) is 0 Å². The average Bonchev–Trinajstić information content (AvgIpc) is 2.28. The van der Waals surface area contributed by atoms with E-state index in [1.807, 2.05) is 0 Å². The van der Waals surface area contributed by atoms with Gasteiger partial charge in [-0.15, -0.1) is 0 Å². The van der Waals surface area contributed by atoms with Crippen LogP contribution in [0.1, 0.15) is 59.3 Å². The maximum absolute atomic E-state index is 10.0. The van der Waals surface area contributed by atoms with Crippen LogP contribution in [0.25, 0.3) is 0 Å². The summed E-state index contributed by atoms with van der Waals surface area (Å²) in [5.74, 6) is 0. The maximum atomic E-state index is 10.0. The zero-order valence-corrected chi connectivity index (χ0v) is 14.4. The van der Waals surface area contributed by atoms with E-state index in [9.17, 15) is 5.11 Å². The molecule has 1 N–H and O–H groups in total. The second-order valence-electron chi connectivity index (χ2n) is 5.04. The van der Waals surface area contributed by atoms with Crippen LogP contribution in [0.4, 0.5) is 0 Å². The van der Waals surface area contributed by atoms with Crippen molar-refractivity contribution in [2.24, 2.45) is 0 Å². The fourth-order valence-electron chi connectivity index (χ4n) is 2.35. The summed E-state index contributed by atoms with van der Waals surface area (Å²) in [6.45, 7) is 10.7. The normalized spacial score (nSPS) is 11.7. The third-order valence-corrected chi connectivity index (χ3v) is 18.4. The number of hydrogen-bond donors (Lipinski definition) is 1. The Morgan fingerprint density at radius 3 is 1.38 bits per heavy atom. The summed E-state index contributed by atoms with van der Waals surface area (Å²) >= 11 is -2.39. The molecule has 1 nitrogen and oxygen atoms in total. The van der Waals surface area contributed by atoms with Gasteiger partial charge in [-0.3, -0.25) is 0 Å². The molecule has 0 aromatic rings. The third kappa shape index (κ3) is 5.60. The summed E-state index contributed by atoms with van der Waals surface area (Å²) in [5.41, 5.74) is 0. The number of unbranched alkanes of at least 4 members (excludes halogenated alkanes) is 3. The minimum absolute atomic E-state index is 0.643. The fraction of sp³-hybridized carbons (Fsp3) is 0.857. The van der Waals surface area contributed by atoms with Crippen LogP contribution >= 0.6 is 0 Å². The van der Waals surface area contributed by atoms with E-state index < -0.39 is 18.4 Å². The number of aliphatic hydroxyl groups excluding tert-OH is 1. The van der Waals surface area contributed by atoms with E-state index in [4.69, 9.17) is 0 Å². The van der Waals surface area contributed by atoms with Crippen molar-refractivity contribution in [1.82, 2.24) is 0 Å². The van der Waals surface area contributed by atoms with Crippen molar-refractivity contribution < 1.29 is 5.11 Å². The van der Waals surface area contributed by atoms with Crippen molar-refractivity contribution >= 4 is 18.4 Å². The second-order valence-corrected chi connectivity index (χ2v) is 18.3. The van der Waals surface area contributed by atoms with Crippen molar-refractivity contribution in [2.75, 3.05) is 0 Å². The predicted molar refractivity (Wildman–Crippen MR) is 76.7 cm³/mol. The fourth-order valence-corrected chi connectivity index (χ4v) is 15.8. The molecule has 0 aliphatic heterocycles. The molecule has 0 aromatic heterocycles. The van der Waals surface area contributed by atoms with E-state index in [2.05, 4.69) is 27.4 Å². The quantitative estimate of drug-likeness (QED) is 0.416. The molecule has 0 unspecified atom stereocenters. The molecule has 0 saturated heterocycles. The van der Waals surface area contributed by atoms with Gasteiger partial charge >= 0.3 is 106 Å². The van der Waals surface area contributed by atoms with Gasteiger partial charge in [0.25, 0.3) is 0 Å². The Bertz CT molecular complexity index is 167. The van der Waals surface area contributed by atoms with Gasteiger partial charge in [-0.25, -0.2) is 0 Å². The molecule has 96 valence electrons. The molecule has 16 heavy (non-hydrogen) atoms. The SMILES string of the molecule is C=[C](O)[Sn]([CH2]CCC)([CH2]CCC)[CH2]CCC. The topological polar surface area (TPSA) is 20.2 Å². The molecule has 2 heteroatoms. The minimum atomic E-state index is -2.39. The molecular weight excluding hydrogens is 303 g/mol. The zero-order chi connectivity index (χ0) is 12.4. The summed E-state index contributed by atoms with van der Waals surface area (Å²) < 4.78 is 4.60. The molecule has 0 aromatic carbocycles. The molecule has 0 spiro atoms. The second kappa shape index (κ2) is 9.38. The van der Waals surface area contributed by atoms with Gasteiger partial charge in [0.15, 0.2) is 0 Å². The molecule has 0 amide bonds. The summed E-state index contributed by atoms with van der Waals surface area (Å²) in [7, 11) is 0. The summed E-state index contributed by atoms with van der Waals surface area (Å²) in [6.07, 6.45) is 7.65. The van der Waals surface area contributed by atoms with Crippen molar-refractivity contribution in [3.63, 3.8) is 0 Å². The van der Waals surface area contributed by atoms with Crippen molar-refractivity contribution in [2.45, 2.75) is 72.6 Å². The Morgan fingerprint density at radius 1 is 0.875 bits per heavy atom. The van der Waals surface area contributed by atoms with Crippen LogP contribution in [-0.4, -0.2) is 23.5 Å². The van der Waals surface area contributed by atoms with E-state index >= 15 is 0 Å². The Labute approximate surface area is 106 Å². The van der Waals surface area contributed by atoms with E-state index in [-0.39, 0.29) is 0 Å². The van der Waals surface area contributed by atoms with Gasteiger partial charge in [-0.05, 0) is 0 Å². The van der Waals surface area contributed by atoms with Crippen molar-refractivity contribution in [1.29, 1.82) is 0 Å². The first kappa shape index (κ1) is 16.3. The summed E-state index contributed by atoms with van der Waals surface area (Å²) in [6, 6.07) is 0. The molecule has 0 fully saturated rings. The Balaban J connectivity index is 4.52. The van der Waals surface area contributed by atoms with Gasteiger partial charge in [0.05, 0.1) is 0 Å². The van der Waals surface area contributed by atoms with E-state index in [1.54, 1.807) is 0 Å².